The quantitative estimate of drug-likeness (QED) is 0.803. The van der Waals surface area contributed by atoms with E-state index in [0.717, 1.165) is 17.9 Å². The molecule has 0 aromatic heterocycles. The Hall–Kier alpha value is -1.22. The Labute approximate surface area is 91.4 Å². The van der Waals surface area contributed by atoms with Crippen molar-refractivity contribution < 1.29 is 9.47 Å². The molecule has 0 aliphatic heterocycles. The normalized spacial score (nSPS) is 12.3. The molecule has 1 rings (SSSR count). The van der Waals surface area contributed by atoms with Crippen molar-refractivity contribution >= 4 is 0 Å². The van der Waals surface area contributed by atoms with Gasteiger partial charge in [-0.3, -0.25) is 0 Å². The molecule has 0 heterocycles. The summed E-state index contributed by atoms with van der Waals surface area (Å²) >= 11 is 0. The molecule has 1 N–H and O–H groups in total. The predicted molar refractivity (Wildman–Crippen MR) is 61.8 cm³/mol. The van der Waals surface area contributed by atoms with Gasteiger partial charge in [0.2, 0.25) is 0 Å². The van der Waals surface area contributed by atoms with Crippen LogP contribution in [0.4, 0.5) is 0 Å². The van der Waals surface area contributed by atoms with Gasteiger partial charge in [-0.15, -0.1) is 0 Å². The zero-order valence-corrected chi connectivity index (χ0v) is 9.83. The number of hydrogen-bond acceptors (Lipinski definition) is 3. The molecule has 0 aliphatic rings. The maximum absolute atomic E-state index is 5.25. The fourth-order valence-electron chi connectivity index (χ4n) is 1.46. The van der Waals surface area contributed by atoms with Crippen LogP contribution in [0.3, 0.4) is 0 Å². The molecular weight excluding hydrogens is 190 g/mol. The molecule has 3 heteroatoms. The summed E-state index contributed by atoms with van der Waals surface area (Å²) in [5, 5.41) is 3.21. The van der Waals surface area contributed by atoms with E-state index in [4.69, 9.17) is 9.47 Å². The van der Waals surface area contributed by atoms with E-state index in [2.05, 4.69) is 18.3 Å². The van der Waals surface area contributed by atoms with Crippen molar-refractivity contribution in [2.24, 2.45) is 0 Å². The van der Waals surface area contributed by atoms with E-state index < -0.39 is 0 Å². The third-order valence-corrected chi connectivity index (χ3v) is 2.48. The second kappa shape index (κ2) is 5.61. The third-order valence-electron chi connectivity index (χ3n) is 2.48. The Balaban J connectivity index is 2.83. The first-order valence-electron chi connectivity index (χ1n) is 5.09. The molecular formula is C12H19NO2. The Morgan fingerprint density at radius 3 is 2.40 bits per heavy atom. The number of ether oxygens (including phenoxy) is 2. The van der Waals surface area contributed by atoms with Gasteiger partial charge in [-0.2, -0.15) is 0 Å². The van der Waals surface area contributed by atoms with Gasteiger partial charge in [0.05, 0.1) is 14.2 Å². The minimum Gasteiger partial charge on any atom is -0.493 e. The molecule has 15 heavy (non-hydrogen) atoms. The third kappa shape index (κ3) is 3.13. The Morgan fingerprint density at radius 1 is 1.20 bits per heavy atom. The summed E-state index contributed by atoms with van der Waals surface area (Å²) in [6, 6.07) is 6.49. The molecule has 3 nitrogen and oxygen atoms in total. The molecule has 0 amide bonds. The van der Waals surface area contributed by atoms with E-state index in [0.29, 0.717) is 6.04 Å². The van der Waals surface area contributed by atoms with Gasteiger partial charge >= 0.3 is 0 Å². The molecule has 0 unspecified atom stereocenters. The van der Waals surface area contributed by atoms with Gasteiger partial charge in [0, 0.05) is 6.04 Å². The Kier molecular flexibility index (Phi) is 4.43. The van der Waals surface area contributed by atoms with Crippen molar-refractivity contribution in [3.63, 3.8) is 0 Å². The van der Waals surface area contributed by atoms with Crippen molar-refractivity contribution in [3.8, 4) is 11.5 Å². The lowest BCUT2D eigenvalue weighted by molar-refractivity contribution is 0.354. The van der Waals surface area contributed by atoms with Crippen molar-refractivity contribution in [1.29, 1.82) is 0 Å². The van der Waals surface area contributed by atoms with Crippen LogP contribution in [0.25, 0.3) is 0 Å². The van der Waals surface area contributed by atoms with E-state index in [9.17, 15) is 0 Å². The first-order chi connectivity index (χ1) is 7.21. The van der Waals surface area contributed by atoms with Crippen LogP contribution < -0.4 is 14.8 Å². The highest BCUT2D eigenvalue weighted by Gasteiger charge is 2.06. The summed E-state index contributed by atoms with van der Waals surface area (Å²) in [6.07, 6.45) is 0.983. The van der Waals surface area contributed by atoms with Gasteiger partial charge in [0.25, 0.3) is 0 Å². The summed E-state index contributed by atoms with van der Waals surface area (Å²) < 4.78 is 10.4. The van der Waals surface area contributed by atoms with E-state index in [1.54, 1.807) is 14.2 Å². The summed E-state index contributed by atoms with van der Waals surface area (Å²) in [4.78, 5) is 0. The lowest BCUT2D eigenvalue weighted by atomic mass is 10.1. The first kappa shape index (κ1) is 11.9. The Bertz CT molecular complexity index is 312. The van der Waals surface area contributed by atoms with Gasteiger partial charge < -0.3 is 14.8 Å². The smallest absolute Gasteiger partial charge is 0.160 e. The van der Waals surface area contributed by atoms with Crippen molar-refractivity contribution in [2.45, 2.75) is 19.4 Å². The molecule has 0 saturated carbocycles. The molecule has 84 valence electrons. The number of nitrogens with one attached hydrogen (secondary N) is 1. The van der Waals surface area contributed by atoms with Crippen LogP contribution in [0.1, 0.15) is 12.5 Å². The molecule has 1 aromatic rings. The maximum Gasteiger partial charge on any atom is 0.160 e. The summed E-state index contributed by atoms with van der Waals surface area (Å²) in [5.41, 5.74) is 1.24. The fraction of sp³-hybridized carbons (Fsp3) is 0.500. The molecule has 0 spiro atoms. The van der Waals surface area contributed by atoms with Gasteiger partial charge in [-0.25, -0.2) is 0 Å². The molecule has 0 radical (unpaired) electrons. The fourth-order valence-corrected chi connectivity index (χ4v) is 1.46. The van der Waals surface area contributed by atoms with Crippen LogP contribution in [0, 0.1) is 0 Å². The molecule has 0 aliphatic carbocycles. The van der Waals surface area contributed by atoms with Gasteiger partial charge in [-0.05, 0) is 38.1 Å². The van der Waals surface area contributed by atoms with E-state index >= 15 is 0 Å². The molecule has 0 saturated heterocycles. The lowest BCUT2D eigenvalue weighted by Gasteiger charge is -2.12. The second-order valence-corrected chi connectivity index (χ2v) is 3.58. The average Bonchev–Trinajstić information content (AvgIpc) is 2.28. The SMILES string of the molecule is CN[C@@H](C)Cc1ccc(OC)c(OC)c1. The summed E-state index contributed by atoms with van der Waals surface area (Å²) in [7, 11) is 5.27. The van der Waals surface area contributed by atoms with Gasteiger partial charge in [-0.1, -0.05) is 6.07 Å². The highest BCUT2D eigenvalue weighted by molar-refractivity contribution is 5.43. The molecule has 1 atom stereocenters. The van der Waals surface area contributed by atoms with Crippen molar-refractivity contribution in [2.75, 3.05) is 21.3 Å². The number of likely N-dealkylation sites (N-methyl/N-ethyl adjacent to an activating group) is 1. The highest BCUT2D eigenvalue weighted by Crippen LogP contribution is 2.27. The van der Waals surface area contributed by atoms with Crippen LogP contribution in [0.5, 0.6) is 11.5 Å². The highest BCUT2D eigenvalue weighted by atomic mass is 16.5. The minimum atomic E-state index is 0.461. The monoisotopic (exact) mass is 209 g/mol. The number of methoxy groups -OCH3 is 2. The largest absolute Gasteiger partial charge is 0.493 e. The molecule has 0 fully saturated rings. The van der Waals surface area contributed by atoms with E-state index in [1.165, 1.54) is 5.56 Å². The zero-order chi connectivity index (χ0) is 11.3. The van der Waals surface area contributed by atoms with Crippen LogP contribution >= 0.6 is 0 Å². The second-order valence-electron chi connectivity index (χ2n) is 3.58. The van der Waals surface area contributed by atoms with Crippen LogP contribution in [-0.2, 0) is 6.42 Å². The first-order valence-corrected chi connectivity index (χ1v) is 5.09. The number of rotatable bonds is 5. The van der Waals surface area contributed by atoms with Crippen LogP contribution in [0.15, 0.2) is 18.2 Å². The minimum absolute atomic E-state index is 0.461. The average molecular weight is 209 g/mol. The van der Waals surface area contributed by atoms with Gasteiger partial charge in [0.15, 0.2) is 11.5 Å². The maximum atomic E-state index is 5.25. The number of benzene rings is 1. The van der Waals surface area contributed by atoms with E-state index in [1.807, 2.05) is 19.2 Å². The molecule has 0 bridgehead atoms. The Morgan fingerprint density at radius 2 is 1.87 bits per heavy atom. The number of hydrogen-bond donors (Lipinski definition) is 1. The van der Waals surface area contributed by atoms with Crippen molar-refractivity contribution in [1.82, 2.24) is 5.32 Å². The van der Waals surface area contributed by atoms with Crippen LogP contribution in [0.2, 0.25) is 0 Å². The van der Waals surface area contributed by atoms with E-state index in [-0.39, 0.29) is 0 Å². The van der Waals surface area contributed by atoms with Crippen LogP contribution in [-0.4, -0.2) is 27.3 Å². The topological polar surface area (TPSA) is 30.5 Å². The lowest BCUT2D eigenvalue weighted by Crippen LogP contribution is -2.23. The zero-order valence-electron chi connectivity index (χ0n) is 9.83. The predicted octanol–water partition coefficient (Wildman–Crippen LogP) is 1.85. The summed E-state index contributed by atoms with van der Waals surface area (Å²) in [5.74, 6) is 1.57. The molecule has 1 aromatic carbocycles. The van der Waals surface area contributed by atoms with Gasteiger partial charge in [0.1, 0.15) is 0 Å². The standard InChI is InChI=1S/C12H19NO2/c1-9(13-2)7-10-5-6-11(14-3)12(8-10)15-4/h5-6,8-9,13H,7H2,1-4H3/t9-/m0/s1. The van der Waals surface area contributed by atoms with Crippen molar-refractivity contribution in [3.05, 3.63) is 23.8 Å². The summed E-state index contributed by atoms with van der Waals surface area (Å²) in [6.45, 7) is 2.15.